The maximum atomic E-state index is 12.9. The molecule has 1 N–H and O–H groups in total. The molecule has 14 heteroatoms. The number of nitrogens with one attached hydrogen (secondary N) is 1. The van der Waals surface area contributed by atoms with E-state index in [2.05, 4.69) is 20.2 Å². The monoisotopic (exact) mass is 481 g/mol. The summed E-state index contributed by atoms with van der Waals surface area (Å²) in [4.78, 5) is 10.3. The van der Waals surface area contributed by atoms with E-state index in [1.54, 1.807) is 24.4 Å². The van der Waals surface area contributed by atoms with Gasteiger partial charge in [-0.05, 0) is 37.9 Å². The molecule has 0 saturated heterocycles. The Morgan fingerprint density at radius 2 is 1.85 bits per heavy atom. The number of hydrogen-bond donors (Lipinski definition) is 1. The third kappa shape index (κ3) is 4.26. The molecule has 4 rings (SSSR count). The zero-order valence-electron chi connectivity index (χ0n) is 17.6. The van der Waals surface area contributed by atoms with Gasteiger partial charge in [0.1, 0.15) is 5.69 Å². The smallest absolute Gasteiger partial charge is 0.480 e. The summed E-state index contributed by atoms with van der Waals surface area (Å²) in [5.74, 6) is 0.370. The van der Waals surface area contributed by atoms with Gasteiger partial charge in [0.25, 0.3) is 0 Å². The first-order chi connectivity index (χ1) is 15.5. The van der Waals surface area contributed by atoms with Crippen LogP contribution in [-0.2, 0) is 16.6 Å². The molecule has 0 atom stereocenters. The predicted octanol–water partition coefficient (Wildman–Crippen LogP) is 2.67. The molecular weight excluding hydrogens is 463 g/mol. The Labute approximate surface area is 186 Å². The van der Waals surface area contributed by atoms with Crippen LogP contribution in [0.25, 0.3) is 27.8 Å². The van der Waals surface area contributed by atoms with Crippen molar-refractivity contribution in [2.75, 3.05) is 25.9 Å². The van der Waals surface area contributed by atoms with E-state index in [-0.39, 0.29) is 5.88 Å². The van der Waals surface area contributed by atoms with Crippen LogP contribution in [0.15, 0.2) is 36.7 Å². The zero-order valence-corrected chi connectivity index (χ0v) is 18.4. The first-order valence-electron chi connectivity index (χ1n) is 9.41. The molecule has 0 bridgehead atoms. The average Bonchev–Trinajstić information content (AvgIpc) is 3.15. The summed E-state index contributed by atoms with van der Waals surface area (Å²) in [6.45, 7) is 0.512. The number of anilines is 1. The van der Waals surface area contributed by atoms with Gasteiger partial charge in [0, 0.05) is 11.8 Å². The second-order valence-electron chi connectivity index (χ2n) is 7.34. The summed E-state index contributed by atoms with van der Waals surface area (Å²) in [6, 6.07) is 6.40. The van der Waals surface area contributed by atoms with Gasteiger partial charge in [0.2, 0.25) is 5.88 Å². The van der Waals surface area contributed by atoms with Crippen molar-refractivity contribution in [3.8, 4) is 17.0 Å². The minimum Gasteiger partial charge on any atom is -0.480 e. The van der Waals surface area contributed by atoms with Crippen LogP contribution in [0.3, 0.4) is 0 Å². The molecule has 4 aromatic rings. The SMILES string of the molecule is COc1ncc(-c2ccc3ncc4nnc(CN(C)C)n4c3c2)cc1NS(=O)(=O)C(F)(F)F. The van der Waals surface area contributed by atoms with Crippen LogP contribution < -0.4 is 9.46 Å². The van der Waals surface area contributed by atoms with E-state index in [4.69, 9.17) is 4.74 Å². The van der Waals surface area contributed by atoms with Crippen molar-refractivity contribution in [3.63, 3.8) is 0 Å². The van der Waals surface area contributed by atoms with E-state index in [1.165, 1.54) is 24.1 Å². The fourth-order valence-corrected chi connectivity index (χ4v) is 3.78. The lowest BCUT2D eigenvalue weighted by Crippen LogP contribution is -2.30. The lowest BCUT2D eigenvalue weighted by molar-refractivity contribution is -0.0429. The van der Waals surface area contributed by atoms with Gasteiger partial charge in [0.15, 0.2) is 11.5 Å². The summed E-state index contributed by atoms with van der Waals surface area (Å²) < 4.78 is 70.0. The molecule has 0 spiro atoms. The molecule has 0 aliphatic rings. The summed E-state index contributed by atoms with van der Waals surface area (Å²) in [7, 11) is -0.707. The van der Waals surface area contributed by atoms with Crippen molar-refractivity contribution in [1.29, 1.82) is 0 Å². The maximum absolute atomic E-state index is 12.9. The number of benzene rings is 1. The Kier molecular flexibility index (Phi) is 5.57. The van der Waals surface area contributed by atoms with Gasteiger partial charge >= 0.3 is 15.5 Å². The van der Waals surface area contributed by atoms with Gasteiger partial charge in [0.05, 0.1) is 30.9 Å². The van der Waals surface area contributed by atoms with Crippen LogP contribution in [0.5, 0.6) is 5.88 Å². The van der Waals surface area contributed by atoms with Crippen molar-refractivity contribution in [1.82, 2.24) is 29.5 Å². The van der Waals surface area contributed by atoms with Crippen molar-refractivity contribution in [2.24, 2.45) is 0 Å². The molecular formula is C19H18F3N7O3S. The molecule has 0 fully saturated rings. The number of alkyl halides is 3. The third-order valence-corrected chi connectivity index (χ3v) is 5.77. The first-order valence-corrected chi connectivity index (χ1v) is 10.9. The van der Waals surface area contributed by atoms with E-state index < -0.39 is 21.2 Å². The summed E-state index contributed by atoms with van der Waals surface area (Å²) in [5.41, 5.74) is -3.18. The van der Waals surface area contributed by atoms with Gasteiger partial charge in [-0.1, -0.05) is 6.07 Å². The third-order valence-electron chi connectivity index (χ3n) is 4.68. The zero-order chi connectivity index (χ0) is 24.0. The quantitative estimate of drug-likeness (QED) is 0.447. The molecule has 0 radical (unpaired) electrons. The highest BCUT2D eigenvalue weighted by Gasteiger charge is 2.46. The van der Waals surface area contributed by atoms with Crippen molar-refractivity contribution in [3.05, 3.63) is 42.5 Å². The number of ether oxygens (including phenoxy) is 1. The van der Waals surface area contributed by atoms with Crippen molar-refractivity contribution < 1.29 is 26.3 Å². The van der Waals surface area contributed by atoms with Crippen LogP contribution in [0.2, 0.25) is 0 Å². The summed E-state index contributed by atoms with van der Waals surface area (Å²) >= 11 is 0. The normalized spacial score (nSPS) is 12.6. The number of halogens is 3. The van der Waals surface area contributed by atoms with Crippen LogP contribution in [0.4, 0.5) is 18.9 Å². The average molecular weight is 481 g/mol. The fourth-order valence-electron chi connectivity index (χ4n) is 3.23. The molecule has 0 saturated carbocycles. The van der Waals surface area contributed by atoms with Gasteiger partial charge in [-0.15, -0.1) is 10.2 Å². The number of methoxy groups -OCH3 is 1. The maximum Gasteiger partial charge on any atom is 0.516 e. The second-order valence-corrected chi connectivity index (χ2v) is 9.02. The van der Waals surface area contributed by atoms with E-state index in [1.807, 2.05) is 23.4 Å². The molecule has 3 heterocycles. The lowest BCUT2D eigenvalue weighted by Gasteiger charge is -2.14. The standard InChI is InChI=1S/C19H18F3N7O3S/c1-28(2)10-17-26-25-16-9-23-13-5-4-11(7-15(13)29(16)17)12-6-14(18(32-3)24-8-12)27-33(30,31)19(20,21)22/h4-9,27H,10H2,1-3H3. The Morgan fingerprint density at radius 3 is 2.52 bits per heavy atom. The summed E-state index contributed by atoms with van der Waals surface area (Å²) in [6.07, 6.45) is 2.96. The molecule has 33 heavy (non-hydrogen) atoms. The highest BCUT2D eigenvalue weighted by Crippen LogP contribution is 2.33. The van der Waals surface area contributed by atoms with E-state index in [0.29, 0.717) is 40.2 Å². The highest BCUT2D eigenvalue weighted by molar-refractivity contribution is 7.93. The molecule has 10 nitrogen and oxygen atoms in total. The predicted molar refractivity (Wildman–Crippen MR) is 114 cm³/mol. The minimum atomic E-state index is -5.66. The molecule has 0 amide bonds. The molecule has 3 aromatic heterocycles. The fraction of sp³-hybridized carbons (Fsp3) is 0.263. The van der Waals surface area contributed by atoms with Crippen molar-refractivity contribution in [2.45, 2.75) is 12.1 Å². The lowest BCUT2D eigenvalue weighted by atomic mass is 10.1. The molecule has 174 valence electrons. The number of nitrogens with zero attached hydrogens (tertiary/aromatic N) is 6. The largest absolute Gasteiger partial charge is 0.516 e. The second kappa shape index (κ2) is 8.12. The highest BCUT2D eigenvalue weighted by atomic mass is 32.2. The number of fused-ring (bicyclic) bond motifs is 3. The topological polar surface area (TPSA) is 115 Å². The van der Waals surface area contributed by atoms with Crippen LogP contribution in [-0.4, -0.2) is 64.6 Å². The van der Waals surface area contributed by atoms with Crippen molar-refractivity contribution >= 4 is 32.4 Å². The van der Waals surface area contributed by atoms with Gasteiger partial charge < -0.3 is 9.64 Å². The summed E-state index contributed by atoms with van der Waals surface area (Å²) in [5, 5.41) is 8.34. The van der Waals surface area contributed by atoms with Crippen LogP contribution >= 0.6 is 0 Å². The number of sulfonamides is 1. The molecule has 0 aliphatic carbocycles. The van der Waals surface area contributed by atoms with Crippen LogP contribution in [0, 0.1) is 0 Å². The Balaban J connectivity index is 1.85. The van der Waals surface area contributed by atoms with Gasteiger partial charge in [-0.2, -0.15) is 21.6 Å². The van der Waals surface area contributed by atoms with Gasteiger partial charge in [-0.25, -0.2) is 4.98 Å². The van der Waals surface area contributed by atoms with Crippen LogP contribution in [0.1, 0.15) is 5.82 Å². The molecule has 1 aromatic carbocycles. The number of pyridine rings is 1. The van der Waals surface area contributed by atoms with E-state index in [0.717, 1.165) is 0 Å². The number of hydrogen-bond acceptors (Lipinski definition) is 8. The minimum absolute atomic E-state index is 0.302. The van der Waals surface area contributed by atoms with E-state index in [9.17, 15) is 21.6 Å². The molecule has 0 aliphatic heterocycles. The Morgan fingerprint density at radius 1 is 1.09 bits per heavy atom. The van der Waals surface area contributed by atoms with Gasteiger partial charge in [-0.3, -0.25) is 14.1 Å². The number of aromatic nitrogens is 5. The number of rotatable bonds is 6. The Bertz CT molecular complexity index is 1450. The first kappa shape index (κ1) is 22.7. The molecule has 0 unspecified atom stereocenters. The Hall–Kier alpha value is -3.52. The van der Waals surface area contributed by atoms with E-state index >= 15 is 0 Å².